The molecule has 1 aromatic carbocycles. The van der Waals surface area contributed by atoms with Crippen molar-refractivity contribution in [2.45, 2.75) is 32.2 Å². The van der Waals surface area contributed by atoms with E-state index >= 15 is 0 Å². The van der Waals surface area contributed by atoms with Crippen molar-refractivity contribution in [3.63, 3.8) is 0 Å². The highest BCUT2D eigenvalue weighted by atomic mass is 35.5. The maximum Gasteiger partial charge on any atom is 0.119 e. The smallest absolute Gasteiger partial charge is 0.119 e. The molecule has 1 aliphatic rings. The molecule has 0 unspecified atom stereocenters. The van der Waals surface area contributed by atoms with Crippen LogP contribution in [0.15, 0.2) is 18.2 Å². The maximum absolute atomic E-state index is 6.19. The highest BCUT2D eigenvalue weighted by Gasteiger charge is 2.24. The van der Waals surface area contributed by atoms with Crippen LogP contribution >= 0.6 is 12.4 Å². The van der Waals surface area contributed by atoms with Crippen molar-refractivity contribution in [2.75, 3.05) is 7.11 Å². The zero-order valence-corrected chi connectivity index (χ0v) is 10.7. The van der Waals surface area contributed by atoms with Crippen LogP contribution < -0.4 is 10.5 Å². The van der Waals surface area contributed by atoms with Crippen LogP contribution in [-0.4, -0.2) is 7.11 Å². The van der Waals surface area contributed by atoms with Crippen LogP contribution in [0.3, 0.4) is 0 Å². The van der Waals surface area contributed by atoms with Gasteiger partial charge in [0.25, 0.3) is 0 Å². The minimum atomic E-state index is 0. The van der Waals surface area contributed by atoms with E-state index in [0.29, 0.717) is 0 Å². The molecule has 1 aliphatic carbocycles. The van der Waals surface area contributed by atoms with Gasteiger partial charge in [0.05, 0.1) is 7.11 Å². The lowest BCUT2D eigenvalue weighted by molar-refractivity contribution is 0.414. The molecule has 1 fully saturated rings. The van der Waals surface area contributed by atoms with Crippen molar-refractivity contribution in [3.8, 4) is 5.75 Å². The van der Waals surface area contributed by atoms with E-state index in [1.807, 2.05) is 6.07 Å². The normalized spacial score (nSPS) is 16.4. The second-order valence-electron chi connectivity index (χ2n) is 4.51. The summed E-state index contributed by atoms with van der Waals surface area (Å²) in [5.74, 6) is 1.79. The molecule has 0 radical (unpaired) electrons. The fourth-order valence-electron chi connectivity index (χ4n) is 2.03. The first-order valence-electron chi connectivity index (χ1n) is 5.61. The van der Waals surface area contributed by atoms with Crippen LogP contribution in [0.5, 0.6) is 5.75 Å². The van der Waals surface area contributed by atoms with Crippen LogP contribution in [0.25, 0.3) is 0 Å². The molecule has 16 heavy (non-hydrogen) atoms. The minimum absolute atomic E-state index is 0. The van der Waals surface area contributed by atoms with Gasteiger partial charge in [-0.1, -0.05) is 18.9 Å². The molecule has 0 bridgehead atoms. The number of benzene rings is 1. The second kappa shape index (κ2) is 5.55. The quantitative estimate of drug-likeness (QED) is 0.879. The molecule has 2 rings (SSSR count). The van der Waals surface area contributed by atoms with Gasteiger partial charge in [0.15, 0.2) is 0 Å². The summed E-state index contributed by atoms with van der Waals surface area (Å²) in [4.78, 5) is 0. The molecule has 0 aliphatic heterocycles. The Hall–Kier alpha value is -0.730. The maximum atomic E-state index is 6.19. The predicted octanol–water partition coefficient (Wildman–Crippen LogP) is 3.23. The topological polar surface area (TPSA) is 35.2 Å². The van der Waals surface area contributed by atoms with Crippen molar-refractivity contribution >= 4 is 12.4 Å². The SMILES string of the molecule is COc1ccc([C@@H](N)CC2CC2)c(C)c1.Cl. The lowest BCUT2D eigenvalue weighted by Crippen LogP contribution is -2.12. The number of hydrogen-bond acceptors (Lipinski definition) is 2. The van der Waals surface area contributed by atoms with E-state index in [9.17, 15) is 0 Å². The number of nitrogens with two attached hydrogens (primary N) is 1. The number of ether oxygens (including phenoxy) is 1. The third-order valence-electron chi connectivity index (χ3n) is 3.16. The average molecular weight is 242 g/mol. The molecule has 3 heteroatoms. The zero-order valence-electron chi connectivity index (χ0n) is 9.90. The first-order valence-corrected chi connectivity index (χ1v) is 5.61. The van der Waals surface area contributed by atoms with Crippen LogP contribution in [0.2, 0.25) is 0 Å². The van der Waals surface area contributed by atoms with Gasteiger partial charge in [-0.25, -0.2) is 0 Å². The summed E-state index contributed by atoms with van der Waals surface area (Å²) in [6.07, 6.45) is 3.86. The highest BCUT2D eigenvalue weighted by molar-refractivity contribution is 5.85. The Morgan fingerprint density at radius 2 is 2.12 bits per heavy atom. The fraction of sp³-hybridized carbons (Fsp3) is 0.538. The number of hydrogen-bond donors (Lipinski definition) is 1. The number of methoxy groups -OCH3 is 1. The summed E-state index contributed by atoms with van der Waals surface area (Å²) >= 11 is 0. The summed E-state index contributed by atoms with van der Waals surface area (Å²) in [6, 6.07) is 6.35. The van der Waals surface area contributed by atoms with Crippen LogP contribution in [-0.2, 0) is 0 Å². The first-order chi connectivity index (χ1) is 7.20. The molecule has 1 saturated carbocycles. The molecule has 0 amide bonds. The van der Waals surface area contributed by atoms with Crippen molar-refractivity contribution < 1.29 is 4.74 Å². The lowest BCUT2D eigenvalue weighted by Gasteiger charge is -2.15. The van der Waals surface area contributed by atoms with Gasteiger partial charge in [-0.05, 0) is 42.5 Å². The largest absolute Gasteiger partial charge is 0.497 e. The molecule has 0 spiro atoms. The molecule has 2 nitrogen and oxygen atoms in total. The standard InChI is InChI=1S/C13H19NO.ClH/c1-9-7-11(15-2)5-6-12(9)13(14)8-10-3-4-10;/h5-7,10,13H,3-4,8,14H2,1-2H3;1H/t13-;/m0./s1. The van der Waals surface area contributed by atoms with E-state index in [4.69, 9.17) is 10.5 Å². The molecular formula is C13H20ClNO. The van der Waals surface area contributed by atoms with Crippen molar-refractivity contribution in [2.24, 2.45) is 11.7 Å². The molecule has 0 saturated heterocycles. The van der Waals surface area contributed by atoms with Crippen LogP contribution in [0.4, 0.5) is 0 Å². The molecular weight excluding hydrogens is 222 g/mol. The molecule has 0 heterocycles. The van der Waals surface area contributed by atoms with Gasteiger partial charge in [0, 0.05) is 6.04 Å². The predicted molar refractivity (Wildman–Crippen MR) is 69.2 cm³/mol. The number of aryl methyl sites for hydroxylation is 1. The van der Waals surface area contributed by atoms with Gasteiger partial charge in [-0.15, -0.1) is 12.4 Å². The van der Waals surface area contributed by atoms with E-state index in [1.165, 1.54) is 24.0 Å². The van der Waals surface area contributed by atoms with Crippen molar-refractivity contribution in [1.82, 2.24) is 0 Å². The minimum Gasteiger partial charge on any atom is -0.497 e. The van der Waals surface area contributed by atoms with E-state index in [1.54, 1.807) is 7.11 Å². The highest BCUT2D eigenvalue weighted by Crippen LogP contribution is 2.37. The third kappa shape index (κ3) is 3.13. The first kappa shape index (κ1) is 13.3. The summed E-state index contributed by atoms with van der Waals surface area (Å²) in [5, 5.41) is 0. The van der Waals surface area contributed by atoms with Gasteiger partial charge >= 0.3 is 0 Å². The van der Waals surface area contributed by atoms with E-state index in [-0.39, 0.29) is 18.4 Å². The Balaban J connectivity index is 0.00000128. The summed E-state index contributed by atoms with van der Waals surface area (Å²) in [7, 11) is 1.69. The third-order valence-corrected chi connectivity index (χ3v) is 3.16. The Morgan fingerprint density at radius 1 is 1.44 bits per heavy atom. The second-order valence-corrected chi connectivity index (χ2v) is 4.51. The van der Waals surface area contributed by atoms with E-state index in [0.717, 1.165) is 18.1 Å². The van der Waals surface area contributed by atoms with Crippen molar-refractivity contribution in [1.29, 1.82) is 0 Å². The molecule has 0 aromatic heterocycles. The van der Waals surface area contributed by atoms with Gasteiger partial charge in [0.2, 0.25) is 0 Å². The number of rotatable bonds is 4. The van der Waals surface area contributed by atoms with Gasteiger partial charge in [-0.3, -0.25) is 0 Å². The fourth-order valence-corrected chi connectivity index (χ4v) is 2.03. The van der Waals surface area contributed by atoms with Gasteiger partial charge < -0.3 is 10.5 Å². The van der Waals surface area contributed by atoms with Crippen LogP contribution in [0, 0.1) is 12.8 Å². The summed E-state index contributed by atoms with van der Waals surface area (Å²) in [6.45, 7) is 2.10. The Morgan fingerprint density at radius 3 is 2.62 bits per heavy atom. The number of halogens is 1. The molecule has 1 atom stereocenters. The summed E-state index contributed by atoms with van der Waals surface area (Å²) in [5.41, 5.74) is 8.69. The van der Waals surface area contributed by atoms with E-state index in [2.05, 4.69) is 19.1 Å². The van der Waals surface area contributed by atoms with Crippen LogP contribution in [0.1, 0.15) is 36.4 Å². The molecule has 2 N–H and O–H groups in total. The zero-order chi connectivity index (χ0) is 10.8. The average Bonchev–Trinajstić information content (AvgIpc) is 3.01. The Bertz CT molecular complexity index is 350. The monoisotopic (exact) mass is 241 g/mol. The van der Waals surface area contributed by atoms with Gasteiger partial charge in [-0.2, -0.15) is 0 Å². The molecule has 90 valence electrons. The Kier molecular flexibility index (Phi) is 4.63. The molecule has 1 aromatic rings. The van der Waals surface area contributed by atoms with Gasteiger partial charge in [0.1, 0.15) is 5.75 Å². The van der Waals surface area contributed by atoms with E-state index < -0.39 is 0 Å². The lowest BCUT2D eigenvalue weighted by atomic mass is 9.97. The Labute approximate surface area is 104 Å². The van der Waals surface area contributed by atoms with Crippen molar-refractivity contribution in [3.05, 3.63) is 29.3 Å². The summed E-state index contributed by atoms with van der Waals surface area (Å²) < 4.78 is 5.18.